The topological polar surface area (TPSA) is 62.5 Å². The summed E-state index contributed by atoms with van der Waals surface area (Å²) in [5.41, 5.74) is 1.01. The summed E-state index contributed by atoms with van der Waals surface area (Å²) in [6, 6.07) is 13.1. The van der Waals surface area contributed by atoms with Gasteiger partial charge in [-0.3, -0.25) is 10.1 Å². The van der Waals surface area contributed by atoms with Crippen molar-refractivity contribution >= 4 is 17.7 Å². The van der Waals surface area contributed by atoms with E-state index in [1.54, 1.807) is 11.8 Å². The fourth-order valence-electron chi connectivity index (χ4n) is 2.00. The Hall–Kier alpha value is -1.72. The molecule has 0 fully saturated rings. The number of carboxylic acids is 1. The molecule has 0 amide bonds. The number of hydrogen-bond acceptors (Lipinski definition) is 4. The lowest BCUT2D eigenvalue weighted by molar-refractivity contribution is -0.139. The average Bonchev–Trinajstić information content (AvgIpc) is 2.97. The Kier molecular flexibility index (Phi) is 5.90. The van der Waals surface area contributed by atoms with Crippen molar-refractivity contribution in [1.29, 1.82) is 0 Å². The van der Waals surface area contributed by atoms with Crippen LogP contribution in [-0.2, 0) is 11.3 Å². The van der Waals surface area contributed by atoms with Gasteiger partial charge in [-0.25, -0.2) is 0 Å². The molecule has 1 aromatic carbocycles. The van der Waals surface area contributed by atoms with Crippen molar-refractivity contribution in [3.8, 4) is 11.3 Å². The van der Waals surface area contributed by atoms with Gasteiger partial charge in [-0.2, -0.15) is 11.8 Å². The largest absolute Gasteiger partial charge is 0.480 e. The first kappa shape index (κ1) is 15.7. The van der Waals surface area contributed by atoms with Crippen molar-refractivity contribution in [3.63, 3.8) is 0 Å². The lowest BCUT2D eigenvalue weighted by atomic mass is 10.2. The van der Waals surface area contributed by atoms with Crippen molar-refractivity contribution in [2.75, 3.05) is 12.0 Å². The number of benzene rings is 1. The highest BCUT2D eigenvalue weighted by atomic mass is 32.2. The summed E-state index contributed by atoms with van der Waals surface area (Å²) in [5.74, 6) is 1.53. The number of thioether (sulfide) groups is 1. The van der Waals surface area contributed by atoms with Gasteiger partial charge in [0.15, 0.2) is 0 Å². The first-order chi connectivity index (χ1) is 10.2. The molecule has 2 N–H and O–H groups in total. The molecule has 1 heterocycles. The molecule has 5 heteroatoms. The van der Waals surface area contributed by atoms with E-state index in [2.05, 4.69) is 5.32 Å². The number of furan rings is 1. The van der Waals surface area contributed by atoms with E-state index in [1.165, 1.54) is 0 Å². The number of carboxylic acid groups (broad SMARTS) is 1. The van der Waals surface area contributed by atoms with Crippen molar-refractivity contribution in [3.05, 3.63) is 48.2 Å². The second kappa shape index (κ2) is 7.90. The molecule has 1 atom stereocenters. The van der Waals surface area contributed by atoms with E-state index in [4.69, 9.17) is 9.52 Å². The van der Waals surface area contributed by atoms with Crippen LogP contribution in [0.4, 0.5) is 0 Å². The van der Waals surface area contributed by atoms with Crippen LogP contribution in [0.15, 0.2) is 46.9 Å². The Morgan fingerprint density at radius 1 is 1.29 bits per heavy atom. The monoisotopic (exact) mass is 305 g/mol. The fourth-order valence-corrected chi connectivity index (χ4v) is 2.47. The van der Waals surface area contributed by atoms with E-state index < -0.39 is 12.0 Å². The van der Waals surface area contributed by atoms with Crippen LogP contribution in [0, 0.1) is 0 Å². The highest BCUT2D eigenvalue weighted by Gasteiger charge is 2.16. The number of aliphatic carboxylic acids is 1. The number of rotatable bonds is 8. The van der Waals surface area contributed by atoms with Crippen LogP contribution in [0.2, 0.25) is 0 Å². The Labute approximate surface area is 128 Å². The maximum Gasteiger partial charge on any atom is 0.320 e. The molecule has 2 aromatic rings. The highest BCUT2D eigenvalue weighted by molar-refractivity contribution is 7.98. The van der Waals surface area contributed by atoms with Gasteiger partial charge in [0.1, 0.15) is 17.6 Å². The molecule has 0 aliphatic heterocycles. The van der Waals surface area contributed by atoms with E-state index in [1.807, 2.05) is 48.7 Å². The van der Waals surface area contributed by atoms with Gasteiger partial charge in [0.25, 0.3) is 0 Å². The van der Waals surface area contributed by atoms with Crippen LogP contribution in [0.3, 0.4) is 0 Å². The maximum atomic E-state index is 11.2. The van der Waals surface area contributed by atoms with Gasteiger partial charge in [0, 0.05) is 5.56 Å². The summed E-state index contributed by atoms with van der Waals surface area (Å²) in [7, 11) is 0. The lowest BCUT2D eigenvalue weighted by Crippen LogP contribution is -2.36. The molecule has 4 nitrogen and oxygen atoms in total. The SMILES string of the molecule is CSCCC(NCc1ccc(-c2ccccc2)o1)C(=O)O. The van der Waals surface area contributed by atoms with E-state index in [-0.39, 0.29) is 0 Å². The molecule has 0 aliphatic rings. The minimum atomic E-state index is -0.820. The van der Waals surface area contributed by atoms with Gasteiger partial charge < -0.3 is 9.52 Å². The highest BCUT2D eigenvalue weighted by Crippen LogP contribution is 2.21. The third-order valence-electron chi connectivity index (χ3n) is 3.15. The quantitative estimate of drug-likeness (QED) is 0.784. The van der Waals surface area contributed by atoms with E-state index in [9.17, 15) is 4.79 Å². The summed E-state index contributed by atoms with van der Waals surface area (Å²) < 4.78 is 5.74. The Bertz CT molecular complexity index is 568. The smallest absolute Gasteiger partial charge is 0.320 e. The van der Waals surface area contributed by atoms with Crippen LogP contribution in [0.1, 0.15) is 12.2 Å². The Balaban J connectivity index is 1.94. The number of nitrogens with one attached hydrogen (secondary N) is 1. The van der Waals surface area contributed by atoms with E-state index >= 15 is 0 Å². The molecule has 0 aliphatic carbocycles. The van der Waals surface area contributed by atoms with Crippen LogP contribution >= 0.6 is 11.8 Å². The normalized spacial score (nSPS) is 12.2. The van der Waals surface area contributed by atoms with Crippen LogP contribution in [-0.4, -0.2) is 29.1 Å². The molecule has 0 bridgehead atoms. The fraction of sp³-hybridized carbons (Fsp3) is 0.312. The van der Waals surface area contributed by atoms with Gasteiger partial charge in [0.05, 0.1) is 6.54 Å². The molecule has 0 spiro atoms. The molecule has 112 valence electrons. The lowest BCUT2D eigenvalue weighted by Gasteiger charge is -2.12. The third-order valence-corrected chi connectivity index (χ3v) is 3.80. The zero-order chi connectivity index (χ0) is 15.1. The minimum absolute atomic E-state index is 0.415. The molecule has 0 radical (unpaired) electrons. The Morgan fingerprint density at radius 3 is 2.71 bits per heavy atom. The molecule has 21 heavy (non-hydrogen) atoms. The van der Waals surface area contributed by atoms with Gasteiger partial charge in [0.2, 0.25) is 0 Å². The molecule has 0 saturated carbocycles. The zero-order valence-corrected chi connectivity index (χ0v) is 12.7. The van der Waals surface area contributed by atoms with E-state index in [0.717, 1.165) is 22.8 Å². The van der Waals surface area contributed by atoms with Gasteiger partial charge in [-0.15, -0.1) is 0 Å². The molecular formula is C16H19NO3S. The molecule has 1 aromatic heterocycles. The van der Waals surface area contributed by atoms with Crippen LogP contribution in [0.25, 0.3) is 11.3 Å². The molecule has 2 rings (SSSR count). The third kappa shape index (κ3) is 4.65. The standard InChI is InChI=1S/C16H19NO3S/c1-21-10-9-14(16(18)19)17-11-13-7-8-15(20-13)12-5-3-2-4-6-12/h2-8,14,17H,9-11H2,1H3,(H,18,19). The minimum Gasteiger partial charge on any atom is -0.480 e. The molecule has 1 unspecified atom stereocenters. The summed E-state index contributed by atoms with van der Waals surface area (Å²) in [4.78, 5) is 11.2. The predicted molar refractivity (Wildman–Crippen MR) is 85.4 cm³/mol. The summed E-state index contributed by atoms with van der Waals surface area (Å²) in [5, 5.41) is 12.2. The molecular weight excluding hydrogens is 286 g/mol. The number of hydrogen-bond donors (Lipinski definition) is 2. The van der Waals surface area contributed by atoms with Crippen molar-refractivity contribution in [2.24, 2.45) is 0 Å². The van der Waals surface area contributed by atoms with Crippen LogP contribution in [0.5, 0.6) is 0 Å². The summed E-state index contributed by atoms with van der Waals surface area (Å²) in [6.07, 6.45) is 2.57. The van der Waals surface area contributed by atoms with Crippen molar-refractivity contribution < 1.29 is 14.3 Å². The molecule has 0 saturated heterocycles. The van der Waals surface area contributed by atoms with Gasteiger partial charge in [-0.05, 0) is 30.6 Å². The predicted octanol–water partition coefficient (Wildman–Crippen LogP) is 3.24. The second-order valence-corrected chi connectivity index (χ2v) is 5.67. The average molecular weight is 305 g/mol. The van der Waals surface area contributed by atoms with Crippen molar-refractivity contribution in [2.45, 2.75) is 19.0 Å². The van der Waals surface area contributed by atoms with Gasteiger partial charge in [-0.1, -0.05) is 30.3 Å². The van der Waals surface area contributed by atoms with E-state index in [0.29, 0.717) is 13.0 Å². The van der Waals surface area contributed by atoms with Crippen molar-refractivity contribution in [1.82, 2.24) is 5.32 Å². The zero-order valence-electron chi connectivity index (χ0n) is 11.9. The summed E-state index contributed by atoms with van der Waals surface area (Å²) in [6.45, 7) is 0.415. The van der Waals surface area contributed by atoms with Crippen LogP contribution < -0.4 is 5.32 Å². The maximum absolute atomic E-state index is 11.2. The first-order valence-corrected chi connectivity index (χ1v) is 8.19. The van der Waals surface area contributed by atoms with Gasteiger partial charge >= 0.3 is 5.97 Å². The Morgan fingerprint density at radius 2 is 2.05 bits per heavy atom. The number of carbonyl (C=O) groups is 1. The first-order valence-electron chi connectivity index (χ1n) is 6.80. The second-order valence-electron chi connectivity index (χ2n) is 4.69. The summed E-state index contributed by atoms with van der Waals surface area (Å²) >= 11 is 1.64.